The minimum absolute atomic E-state index is 0.0818. The van der Waals surface area contributed by atoms with Gasteiger partial charge >= 0.3 is 0 Å². The molecule has 0 saturated carbocycles. The van der Waals surface area contributed by atoms with E-state index in [0.29, 0.717) is 22.7 Å². The van der Waals surface area contributed by atoms with Crippen molar-refractivity contribution in [2.75, 3.05) is 19.4 Å². The van der Waals surface area contributed by atoms with Gasteiger partial charge in [-0.3, -0.25) is 14.6 Å². The van der Waals surface area contributed by atoms with Crippen molar-refractivity contribution < 1.29 is 9.59 Å². The Hall–Kier alpha value is -2.40. The van der Waals surface area contributed by atoms with Crippen LogP contribution in [0.5, 0.6) is 0 Å². The molecule has 2 rings (SSSR count). The molecule has 0 spiro atoms. The predicted octanol–water partition coefficient (Wildman–Crippen LogP) is 3.40. The Morgan fingerprint density at radius 3 is 2.67 bits per heavy atom. The highest BCUT2D eigenvalue weighted by Crippen LogP contribution is 2.22. The second kappa shape index (κ2) is 8.45. The van der Waals surface area contributed by atoms with Crippen molar-refractivity contribution >= 4 is 29.1 Å². The number of benzene rings is 1. The number of pyridine rings is 1. The van der Waals surface area contributed by atoms with Gasteiger partial charge in [0.1, 0.15) is 0 Å². The van der Waals surface area contributed by atoms with Crippen molar-refractivity contribution in [3.63, 3.8) is 0 Å². The SMILES string of the molecule is CN(C)C(=O)c1ccc(NC(=O)CCCc2cccnc2)cc1Cl. The normalized spacial score (nSPS) is 10.3. The number of aromatic nitrogens is 1. The summed E-state index contributed by atoms with van der Waals surface area (Å²) in [7, 11) is 3.33. The van der Waals surface area contributed by atoms with E-state index in [-0.39, 0.29) is 11.8 Å². The van der Waals surface area contributed by atoms with Crippen LogP contribution in [-0.4, -0.2) is 35.8 Å². The summed E-state index contributed by atoms with van der Waals surface area (Å²) in [5, 5.41) is 3.12. The Kier molecular flexibility index (Phi) is 6.32. The van der Waals surface area contributed by atoms with E-state index in [4.69, 9.17) is 11.6 Å². The molecule has 1 N–H and O–H groups in total. The maximum absolute atomic E-state index is 12.0. The van der Waals surface area contributed by atoms with E-state index in [0.717, 1.165) is 18.4 Å². The van der Waals surface area contributed by atoms with Crippen molar-refractivity contribution in [2.24, 2.45) is 0 Å². The number of rotatable bonds is 6. The van der Waals surface area contributed by atoms with Crippen molar-refractivity contribution in [1.82, 2.24) is 9.88 Å². The van der Waals surface area contributed by atoms with E-state index in [1.54, 1.807) is 44.7 Å². The van der Waals surface area contributed by atoms with Gasteiger partial charge in [-0.1, -0.05) is 17.7 Å². The average molecular weight is 346 g/mol. The molecule has 0 radical (unpaired) electrons. The summed E-state index contributed by atoms with van der Waals surface area (Å²) < 4.78 is 0. The Balaban J connectivity index is 1.87. The van der Waals surface area contributed by atoms with Crippen LogP contribution < -0.4 is 5.32 Å². The number of carbonyl (C=O) groups is 2. The third-order valence-corrected chi connectivity index (χ3v) is 3.79. The minimum atomic E-state index is -0.172. The number of nitrogens with zero attached hydrogens (tertiary/aromatic N) is 2. The third-order valence-electron chi connectivity index (χ3n) is 3.48. The third kappa shape index (κ3) is 5.06. The lowest BCUT2D eigenvalue weighted by molar-refractivity contribution is -0.116. The highest BCUT2D eigenvalue weighted by atomic mass is 35.5. The Morgan fingerprint density at radius 1 is 1.25 bits per heavy atom. The molecule has 126 valence electrons. The van der Waals surface area contributed by atoms with Gasteiger partial charge < -0.3 is 10.2 Å². The van der Waals surface area contributed by atoms with E-state index in [1.165, 1.54) is 4.90 Å². The van der Waals surface area contributed by atoms with Crippen LogP contribution in [-0.2, 0) is 11.2 Å². The van der Waals surface area contributed by atoms with Gasteiger partial charge in [-0.15, -0.1) is 0 Å². The van der Waals surface area contributed by atoms with Gasteiger partial charge in [-0.05, 0) is 42.7 Å². The van der Waals surface area contributed by atoms with Gasteiger partial charge in [-0.2, -0.15) is 0 Å². The molecule has 0 bridgehead atoms. The molecule has 0 saturated heterocycles. The fourth-order valence-corrected chi connectivity index (χ4v) is 2.49. The Bertz CT molecular complexity index is 717. The molecular weight excluding hydrogens is 326 g/mol. The molecule has 0 fully saturated rings. The van der Waals surface area contributed by atoms with Crippen LogP contribution in [0.2, 0.25) is 5.02 Å². The van der Waals surface area contributed by atoms with Crippen LogP contribution in [0.4, 0.5) is 5.69 Å². The molecule has 2 amide bonds. The molecule has 1 aromatic heterocycles. The van der Waals surface area contributed by atoms with Crippen LogP contribution in [0.15, 0.2) is 42.7 Å². The summed E-state index contributed by atoms with van der Waals surface area (Å²) >= 11 is 6.13. The first-order valence-corrected chi connectivity index (χ1v) is 8.05. The van der Waals surface area contributed by atoms with Gasteiger partial charge in [0.15, 0.2) is 0 Å². The predicted molar refractivity (Wildman–Crippen MR) is 95.3 cm³/mol. The van der Waals surface area contributed by atoms with Gasteiger partial charge in [0.25, 0.3) is 5.91 Å². The minimum Gasteiger partial charge on any atom is -0.345 e. The van der Waals surface area contributed by atoms with E-state index in [2.05, 4.69) is 10.3 Å². The van der Waals surface area contributed by atoms with Crippen molar-refractivity contribution in [3.05, 3.63) is 58.9 Å². The molecule has 5 nitrogen and oxygen atoms in total. The maximum atomic E-state index is 12.0. The summed E-state index contributed by atoms with van der Waals surface area (Å²) in [5.74, 6) is -0.254. The molecule has 0 atom stereocenters. The highest BCUT2D eigenvalue weighted by Gasteiger charge is 2.13. The maximum Gasteiger partial charge on any atom is 0.254 e. The molecule has 0 aliphatic rings. The van der Waals surface area contributed by atoms with Gasteiger partial charge in [0, 0.05) is 38.6 Å². The number of aryl methyl sites for hydroxylation is 1. The van der Waals surface area contributed by atoms with E-state index in [9.17, 15) is 9.59 Å². The van der Waals surface area contributed by atoms with Gasteiger partial charge in [-0.25, -0.2) is 0 Å². The van der Waals surface area contributed by atoms with Gasteiger partial charge in [0.2, 0.25) is 5.91 Å². The molecule has 1 heterocycles. The molecule has 0 aliphatic heterocycles. The number of amides is 2. The van der Waals surface area contributed by atoms with E-state index in [1.807, 2.05) is 12.1 Å². The summed E-state index contributed by atoms with van der Waals surface area (Å²) in [6.45, 7) is 0. The summed E-state index contributed by atoms with van der Waals surface area (Å²) in [5.41, 5.74) is 2.11. The number of carbonyl (C=O) groups excluding carboxylic acids is 2. The lowest BCUT2D eigenvalue weighted by Gasteiger charge is -2.12. The molecule has 6 heteroatoms. The molecular formula is C18H20ClN3O2. The zero-order valence-electron chi connectivity index (χ0n) is 13.8. The first kappa shape index (κ1) is 17.9. The molecule has 1 aromatic carbocycles. The lowest BCUT2D eigenvalue weighted by Crippen LogP contribution is -2.22. The standard InChI is InChI=1S/C18H20ClN3O2/c1-22(2)18(24)15-9-8-14(11-16(15)19)21-17(23)7-3-5-13-6-4-10-20-12-13/h4,6,8-12H,3,5,7H2,1-2H3,(H,21,23). The first-order chi connectivity index (χ1) is 11.5. The van der Waals surface area contributed by atoms with Crippen molar-refractivity contribution in [1.29, 1.82) is 0 Å². The van der Waals surface area contributed by atoms with E-state index >= 15 is 0 Å². The summed E-state index contributed by atoms with van der Waals surface area (Å²) in [6, 6.07) is 8.77. The van der Waals surface area contributed by atoms with Crippen LogP contribution in [0.1, 0.15) is 28.8 Å². The van der Waals surface area contributed by atoms with E-state index < -0.39 is 0 Å². The number of hydrogen-bond donors (Lipinski definition) is 1. The fourth-order valence-electron chi connectivity index (χ4n) is 2.23. The van der Waals surface area contributed by atoms with Crippen LogP contribution in [0.3, 0.4) is 0 Å². The second-order valence-corrected chi connectivity index (χ2v) is 6.06. The van der Waals surface area contributed by atoms with Gasteiger partial charge in [0.05, 0.1) is 10.6 Å². The summed E-state index contributed by atoms with van der Waals surface area (Å²) in [6.07, 6.45) is 5.48. The fraction of sp³-hybridized carbons (Fsp3) is 0.278. The van der Waals surface area contributed by atoms with Crippen LogP contribution in [0, 0.1) is 0 Å². The topological polar surface area (TPSA) is 62.3 Å². The Labute approximate surface area is 146 Å². The molecule has 0 aliphatic carbocycles. The lowest BCUT2D eigenvalue weighted by atomic mass is 10.1. The highest BCUT2D eigenvalue weighted by molar-refractivity contribution is 6.34. The monoisotopic (exact) mass is 345 g/mol. The second-order valence-electron chi connectivity index (χ2n) is 5.66. The number of hydrogen-bond acceptors (Lipinski definition) is 3. The quantitative estimate of drug-likeness (QED) is 0.872. The summed E-state index contributed by atoms with van der Waals surface area (Å²) in [4.78, 5) is 29.4. The smallest absolute Gasteiger partial charge is 0.254 e. The zero-order chi connectivity index (χ0) is 17.5. The first-order valence-electron chi connectivity index (χ1n) is 7.67. The van der Waals surface area contributed by atoms with Crippen LogP contribution >= 0.6 is 11.6 Å². The van der Waals surface area contributed by atoms with Crippen molar-refractivity contribution in [2.45, 2.75) is 19.3 Å². The average Bonchev–Trinajstić information content (AvgIpc) is 2.55. The molecule has 0 unspecified atom stereocenters. The van der Waals surface area contributed by atoms with Crippen molar-refractivity contribution in [3.8, 4) is 0 Å². The number of halogens is 1. The number of anilines is 1. The molecule has 2 aromatic rings. The van der Waals surface area contributed by atoms with Crippen LogP contribution in [0.25, 0.3) is 0 Å². The Morgan fingerprint density at radius 2 is 2.04 bits per heavy atom. The number of nitrogens with one attached hydrogen (secondary N) is 1. The zero-order valence-corrected chi connectivity index (χ0v) is 14.5. The molecule has 24 heavy (non-hydrogen) atoms. The largest absolute Gasteiger partial charge is 0.345 e.